The lowest BCUT2D eigenvalue weighted by molar-refractivity contribution is 1.16. The lowest BCUT2D eigenvalue weighted by Gasteiger charge is -2.02. The van der Waals surface area contributed by atoms with Crippen LogP contribution in [0.3, 0.4) is 0 Å². The predicted molar refractivity (Wildman–Crippen MR) is 60.6 cm³/mol. The van der Waals surface area contributed by atoms with E-state index in [0.717, 1.165) is 17.1 Å². The van der Waals surface area contributed by atoms with Crippen molar-refractivity contribution in [3.8, 4) is 0 Å². The van der Waals surface area contributed by atoms with Gasteiger partial charge in [-0.2, -0.15) is 0 Å². The van der Waals surface area contributed by atoms with Gasteiger partial charge in [-0.15, -0.1) is 11.3 Å². The van der Waals surface area contributed by atoms with Crippen molar-refractivity contribution in [2.45, 2.75) is 13.3 Å². The fourth-order valence-electron chi connectivity index (χ4n) is 1.51. The molecule has 3 heteroatoms. The zero-order valence-electron chi connectivity index (χ0n) is 7.30. The summed E-state index contributed by atoms with van der Waals surface area (Å²) in [5.41, 5.74) is 7.83. The SMILES string of the molecule is CCc1cc(N)cc2scc(Cl)c12. The molecular formula is C10H10ClNS. The summed E-state index contributed by atoms with van der Waals surface area (Å²) < 4.78 is 1.18. The van der Waals surface area contributed by atoms with Crippen molar-refractivity contribution in [3.63, 3.8) is 0 Å². The topological polar surface area (TPSA) is 26.0 Å². The Kier molecular flexibility index (Phi) is 2.18. The molecular weight excluding hydrogens is 202 g/mol. The van der Waals surface area contributed by atoms with Crippen molar-refractivity contribution in [1.82, 2.24) is 0 Å². The molecule has 2 aromatic rings. The first-order valence-corrected chi connectivity index (χ1v) is 5.43. The molecule has 1 heterocycles. The monoisotopic (exact) mass is 211 g/mol. The van der Waals surface area contributed by atoms with Gasteiger partial charge in [-0.25, -0.2) is 0 Å². The lowest BCUT2D eigenvalue weighted by atomic mass is 10.1. The standard InChI is InChI=1S/C10H10ClNS/c1-2-6-3-7(12)4-9-10(6)8(11)5-13-9/h3-5H,2,12H2,1H3. The predicted octanol–water partition coefficient (Wildman–Crippen LogP) is 3.70. The van der Waals surface area contributed by atoms with Crippen LogP contribution in [0.4, 0.5) is 5.69 Å². The second-order valence-corrected chi connectivity index (χ2v) is 4.31. The van der Waals surface area contributed by atoms with E-state index >= 15 is 0 Å². The molecule has 0 fully saturated rings. The minimum absolute atomic E-state index is 0.822. The fraction of sp³-hybridized carbons (Fsp3) is 0.200. The lowest BCUT2D eigenvalue weighted by Crippen LogP contribution is -1.88. The first kappa shape index (κ1) is 8.85. The number of thiophene rings is 1. The van der Waals surface area contributed by atoms with E-state index in [2.05, 4.69) is 6.92 Å². The minimum atomic E-state index is 0.822. The van der Waals surface area contributed by atoms with Gasteiger partial charge < -0.3 is 5.73 Å². The third kappa shape index (κ3) is 1.40. The molecule has 0 atom stereocenters. The van der Waals surface area contributed by atoms with E-state index in [4.69, 9.17) is 17.3 Å². The van der Waals surface area contributed by atoms with Crippen LogP contribution in [-0.4, -0.2) is 0 Å². The van der Waals surface area contributed by atoms with Gasteiger partial charge in [0.1, 0.15) is 0 Å². The average Bonchev–Trinajstić information content (AvgIpc) is 2.46. The van der Waals surface area contributed by atoms with E-state index in [9.17, 15) is 0 Å². The fourth-order valence-corrected chi connectivity index (χ4v) is 2.84. The molecule has 0 saturated heterocycles. The Morgan fingerprint density at radius 2 is 2.23 bits per heavy atom. The average molecular weight is 212 g/mol. The van der Waals surface area contributed by atoms with Gasteiger partial charge in [-0.05, 0) is 24.1 Å². The molecule has 1 aromatic carbocycles. The van der Waals surface area contributed by atoms with Crippen molar-refractivity contribution in [1.29, 1.82) is 0 Å². The molecule has 0 unspecified atom stereocenters. The molecule has 0 spiro atoms. The number of fused-ring (bicyclic) bond motifs is 1. The number of hydrogen-bond acceptors (Lipinski definition) is 2. The smallest absolute Gasteiger partial charge is 0.0594 e. The molecule has 2 N–H and O–H groups in total. The maximum absolute atomic E-state index is 6.08. The summed E-state index contributed by atoms with van der Waals surface area (Å²) in [5, 5.41) is 3.98. The van der Waals surface area contributed by atoms with Gasteiger partial charge in [0, 0.05) is 21.2 Å². The van der Waals surface area contributed by atoms with Crippen LogP contribution in [0.2, 0.25) is 5.02 Å². The highest BCUT2D eigenvalue weighted by Crippen LogP contribution is 2.34. The molecule has 0 aliphatic rings. The van der Waals surface area contributed by atoms with Crippen molar-refractivity contribution in [2.75, 3.05) is 5.73 Å². The number of benzene rings is 1. The van der Waals surface area contributed by atoms with E-state index in [0.29, 0.717) is 0 Å². The second-order valence-electron chi connectivity index (χ2n) is 2.99. The van der Waals surface area contributed by atoms with Crippen LogP contribution >= 0.6 is 22.9 Å². The van der Waals surface area contributed by atoms with Crippen LogP contribution in [0, 0.1) is 0 Å². The second kappa shape index (κ2) is 3.20. The quantitative estimate of drug-likeness (QED) is 0.716. The highest BCUT2D eigenvalue weighted by molar-refractivity contribution is 7.17. The summed E-state index contributed by atoms with van der Waals surface area (Å²) in [6, 6.07) is 3.98. The third-order valence-electron chi connectivity index (χ3n) is 2.12. The Morgan fingerprint density at radius 3 is 2.92 bits per heavy atom. The van der Waals surface area contributed by atoms with Crippen molar-refractivity contribution < 1.29 is 0 Å². The van der Waals surface area contributed by atoms with E-state index in [1.54, 1.807) is 11.3 Å². The summed E-state index contributed by atoms with van der Waals surface area (Å²) in [6.45, 7) is 2.11. The van der Waals surface area contributed by atoms with E-state index < -0.39 is 0 Å². The van der Waals surface area contributed by atoms with Gasteiger partial charge in [0.15, 0.2) is 0 Å². The zero-order chi connectivity index (χ0) is 9.42. The Morgan fingerprint density at radius 1 is 1.46 bits per heavy atom. The summed E-state index contributed by atoms with van der Waals surface area (Å²) in [5.74, 6) is 0. The maximum atomic E-state index is 6.08. The highest BCUT2D eigenvalue weighted by atomic mass is 35.5. The van der Waals surface area contributed by atoms with E-state index in [1.807, 2.05) is 17.5 Å². The van der Waals surface area contributed by atoms with Crippen LogP contribution in [-0.2, 0) is 6.42 Å². The Labute approximate surface area is 86.1 Å². The Hall–Kier alpha value is -0.730. The van der Waals surface area contributed by atoms with Gasteiger partial charge in [0.2, 0.25) is 0 Å². The van der Waals surface area contributed by atoms with Crippen LogP contribution < -0.4 is 5.73 Å². The first-order valence-electron chi connectivity index (χ1n) is 4.17. The number of halogens is 1. The molecule has 0 radical (unpaired) electrons. The number of aryl methyl sites for hydroxylation is 1. The molecule has 13 heavy (non-hydrogen) atoms. The van der Waals surface area contributed by atoms with Crippen LogP contribution in [0.25, 0.3) is 10.1 Å². The van der Waals surface area contributed by atoms with Crippen LogP contribution in [0.1, 0.15) is 12.5 Å². The van der Waals surface area contributed by atoms with Crippen LogP contribution in [0.5, 0.6) is 0 Å². The molecule has 0 aliphatic heterocycles. The molecule has 0 amide bonds. The summed E-state index contributed by atoms with van der Waals surface area (Å²) in [6.07, 6.45) is 0.970. The van der Waals surface area contributed by atoms with Crippen molar-refractivity contribution in [3.05, 3.63) is 28.1 Å². The summed E-state index contributed by atoms with van der Waals surface area (Å²) in [7, 11) is 0. The normalized spacial score (nSPS) is 10.9. The van der Waals surface area contributed by atoms with Gasteiger partial charge in [-0.3, -0.25) is 0 Å². The van der Waals surface area contributed by atoms with Crippen molar-refractivity contribution in [2.24, 2.45) is 0 Å². The van der Waals surface area contributed by atoms with Gasteiger partial charge >= 0.3 is 0 Å². The molecule has 68 valence electrons. The zero-order valence-corrected chi connectivity index (χ0v) is 8.88. The maximum Gasteiger partial charge on any atom is 0.0594 e. The first-order chi connectivity index (χ1) is 6.22. The Balaban J connectivity index is 2.85. The number of anilines is 1. The molecule has 0 saturated carbocycles. The number of hydrogen-bond donors (Lipinski definition) is 1. The van der Waals surface area contributed by atoms with Gasteiger partial charge in [0.05, 0.1) is 5.02 Å². The summed E-state index contributed by atoms with van der Waals surface area (Å²) in [4.78, 5) is 0. The molecule has 2 rings (SSSR count). The number of rotatable bonds is 1. The molecule has 1 nitrogen and oxygen atoms in total. The number of nitrogens with two attached hydrogens (primary N) is 1. The molecule has 0 bridgehead atoms. The Bertz CT molecular complexity index is 447. The largest absolute Gasteiger partial charge is 0.399 e. The third-order valence-corrected chi connectivity index (χ3v) is 3.47. The van der Waals surface area contributed by atoms with E-state index in [-0.39, 0.29) is 0 Å². The van der Waals surface area contributed by atoms with Gasteiger partial charge in [0.25, 0.3) is 0 Å². The van der Waals surface area contributed by atoms with E-state index in [1.165, 1.54) is 15.6 Å². The number of nitrogen functional groups attached to an aromatic ring is 1. The minimum Gasteiger partial charge on any atom is -0.399 e. The van der Waals surface area contributed by atoms with Crippen molar-refractivity contribution >= 4 is 38.7 Å². The van der Waals surface area contributed by atoms with Gasteiger partial charge in [-0.1, -0.05) is 18.5 Å². The van der Waals surface area contributed by atoms with Crippen LogP contribution in [0.15, 0.2) is 17.5 Å². The highest BCUT2D eigenvalue weighted by Gasteiger charge is 2.06. The summed E-state index contributed by atoms with van der Waals surface area (Å²) >= 11 is 7.72. The molecule has 0 aliphatic carbocycles. The molecule has 1 aromatic heterocycles.